The highest BCUT2D eigenvalue weighted by Crippen LogP contribution is 2.39. The Kier molecular flexibility index (Phi) is 5.51. The largest absolute Gasteiger partial charge is 0.486 e. The van der Waals surface area contributed by atoms with Gasteiger partial charge in [-0.2, -0.15) is 0 Å². The molecular weight excluding hydrogens is 436 g/mol. The van der Waals surface area contributed by atoms with E-state index in [1.807, 2.05) is 31.2 Å². The Morgan fingerprint density at radius 1 is 0.941 bits per heavy atom. The molecule has 0 atom stereocenters. The van der Waals surface area contributed by atoms with Gasteiger partial charge in [0.15, 0.2) is 11.5 Å². The molecule has 0 aromatic heterocycles. The van der Waals surface area contributed by atoms with Crippen LogP contribution in [-0.2, 0) is 0 Å². The molecule has 3 amide bonds. The quantitative estimate of drug-likeness (QED) is 0.570. The molecule has 0 saturated heterocycles. The number of rotatable bonds is 5. The van der Waals surface area contributed by atoms with Gasteiger partial charge in [0.1, 0.15) is 13.2 Å². The minimum Gasteiger partial charge on any atom is -0.486 e. The highest BCUT2D eigenvalue weighted by molar-refractivity contribution is 6.35. The maximum absolute atomic E-state index is 13.3. The number of aliphatic hydroxyl groups is 1. The summed E-state index contributed by atoms with van der Waals surface area (Å²) in [6.07, 6.45) is 0. The maximum Gasteiger partial charge on any atom is 0.266 e. The minimum atomic E-state index is -0.487. The molecule has 172 valence electrons. The molecule has 0 aliphatic carbocycles. The molecular formula is C26H22N2O6. The van der Waals surface area contributed by atoms with Crippen molar-refractivity contribution in [3.05, 3.63) is 76.9 Å². The van der Waals surface area contributed by atoms with Crippen LogP contribution in [0.3, 0.4) is 0 Å². The second-order valence-corrected chi connectivity index (χ2v) is 7.99. The fourth-order valence-electron chi connectivity index (χ4n) is 4.26. The average molecular weight is 458 g/mol. The molecule has 0 radical (unpaired) electrons. The summed E-state index contributed by atoms with van der Waals surface area (Å²) >= 11 is 0. The zero-order valence-electron chi connectivity index (χ0n) is 18.5. The topological polar surface area (TPSA) is 105 Å². The summed E-state index contributed by atoms with van der Waals surface area (Å²) in [5.74, 6) is -0.0134. The first-order chi connectivity index (χ1) is 16.5. The Morgan fingerprint density at radius 3 is 2.50 bits per heavy atom. The van der Waals surface area contributed by atoms with Gasteiger partial charge in [-0.25, -0.2) is 4.90 Å². The molecule has 8 nitrogen and oxygen atoms in total. The van der Waals surface area contributed by atoms with Gasteiger partial charge in [0.25, 0.3) is 17.7 Å². The van der Waals surface area contributed by atoms with E-state index < -0.39 is 17.7 Å². The van der Waals surface area contributed by atoms with Crippen LogP contribution in [-0.4, -0.2) is 49.2 Å². The van der Waals surface area contributed by atoms with Crippen LogP contribution in [0.4, 0.5) is 5.69 Å². The first-order valence-corrected chi connectivity index (χ1v) is 10.9. The van der Waals surface area contributed by atoms with Gasteiger partial charge in [-0.3, -0.25) is 14.4 Å². The van der Waals surface area contributed by atoms with Crippen LogP contribution in [0, 0.1) is 6.92 Å². The summed E-state index contributed by atoms with van der Waals surface area (Å²) in [4.78, 5) is 39.9. The molecule has 2 aliphatic heterocycles. The van der Waals surface area contributed by atoms with E-state index >= 15 is 0 Å². The van der Waals surface area contributed by atoms with Crippen molar-refractivity contribution in [1.82, 2.24) is 5.32 Å². The lowest BCUT2D eigenvalue weighted by Crippen LogP contribution is -2.30. The predicted octanol–water partition coefficient (Wildman–Crippen LogP) is 2.96. The van der Waals surface area contributed by atoms with Gasteiger partial charge in [0.2, 0.25) is 0 Å². The molecule has 0 spiro atoms. The summed E-state index contributed by atoms with van der Waals surface area (Å²) in [7, 11) is 0. The Hall–Kier alpha value is -4.17. The summed E-state index contributed by atoms with van der Waals surface area (Å²) in [6, 6.07) is 15.5. The number of nitrogens with one attached hydrogen (secondary N) is 1. The molecule has 3 aromatic rings. The third kappa shape index (κ3) is 3.58. The monoisotopic (exact) mass is 458 g/mol. The summed E-state index contributed by atoms with van der Waals surface area (Å²) in [5, 5.41) is 11.5. The molecule has 5 rings (SSSR count). The minimum absolute atomic E-state index is 0.0980. The van der Waals surface area contributed by atoms with Crippen molar-refractivity contribution in [2.24, 2.45) is 0 Å². The van der Waals surface area contributed by atoms with Crippen molar-refractivity contribution in [2.45, 2.75) is 6.92 Å². The first kappa shape index (κ1) is 21.7. The van der Waals surface area contributed by atoms with Crippen LogP contribution < -0.4 is 19.7 Å². The number of amides is 3. The molecule has 0 fully saturated rings. The average Bonchev–Trinajstić information content (AvgIpc) is 3.11. The van der Waals surface area contributed by atoms with Gasteiger partial charge in [-0.1, -0.05) is 18.2 Å². The molecule has 0 unspecified atom stereocenters. The third-order valence-electron chi connectivity index (χ3n) is 5.95. The van der Waals surface area contributed by atoms with Gasteiger partial charge in [-0.15, -0.1) is 0 Å². The van der Waals surface area contributed by atoms with Gasteiger partial charge in [-0.05, 0) is 60.0 Å². The predicted molar refractivity (Wildman–Crippen MR) is 125 cm³/mol. The lowest BCUT2D eigenvalue weighted by atomic mass is 9.98. The number of anilines is 1. The first-order valence-electron chi connectivity index (χ1n) is 10.9. The standard InChI is InChI=1S/C26H22N2O6/c1-15-18(16-6-8-22-23(14-16)34-12-11-33-22)3-2-4-21(15)28-25(31)19-7-5-17(13-20(19)26(28)32)24(30)27-9-10-29/h2-8,13-14,29H,9-12H2,1H3,(H,27,30). The van der Waals surface area contributed by atoms with Gasteiger partial charge in [0.05, 0.1) is 23.4 Å². The molecule has 3 aromatic carbocycles. The molecule has 2 aliphatic rings. The van der Waals surface area contributed by atoms with Crippen molar-refractivity contribution in [1.29, 1.82) is 0 Å². The molecule has 0 bridgehead atoms. The van der Waals surface area contributed by atoms with E-state index in [1.165, 1.54) is 18.2 Å². The van der Waals surface area contributed by atoms with Gasteiger partial charge in [0, 0.05) is 12.1 Å². The second-order valence-electron chi connectivity index (χ2n) is 7.99. The van der Waals surface area contributed by atoms with Crippen LogP contribution >= 0.6 is 0 Å². The molecule has 8 heteroatoms. The zero-order valence-corrected chi connectivity index (χ0v) is 18.5. The van der Waals surface area contributed by atoms with E-state index in [0.717, 1.165) is 21.6 Å². The fourth-order valence-corrected chi connectivity index (χ4v) is 4.26. The number of benzene rings is 3. The number of ether oxygens (including phenoxy) is 2. The number of fused-ring (bicyclic) bond motifs is 2. The van der Waals surface area contributed by atoms with Crippen LogP contribution in [0.5, 0.6) is 11.5 Å². The van der Waals surface area contributed by atoms with Crippen molar-refractivity contribution in [2.75, 3.05) is 31.3 Å². The number of hydrogen-bond donors (Lipinski definition) is 2. The second kappa shape index (κ2) is 8.64. The van der Waals surface area contributed by atoms with Crippen molar-refractivity contribution < 1.29 is 29.0 Å². The van der Waals surface area contributed by atoms with Gasteiger partial charge >= 0.3 is 0 Å². The number of carbonyl (C=O) groups excluding carboxylic acids is 3. The molecule has 2 N–H and O–H groups in total. The van der Waals surface area contributed by atoms with E-state index in [9.17, 15) is 14.4 Å². The number of carbonyl (C=O) groups is 3. The Balaban J connectivity index is 1.50. The molecule has 2 heterocycles. The van der Waals surface area contributed by atoms with Crippen LogP contribution in [0.1, 0.15) is 36.6 Å². The lowest BCUT2D eigenvalue weighted by Gasteiger charge is -2.21. The number of hydrogen-bond acceptors (Lipinski definition) is 6. The number of nitrogens with zero attached hydrogens (tertiary/aromatic N) is 1. The van der Waals surface area contributed by atoms with Crippen LogP contribution in [0.2, 0.25) is 0 Å². The van der Waals surface area contributed by atoms with Crippen molar-refractivity contribution in [3.63, 3.8) is 0 Å². The maximum atomic E-state index is 13.3. The Labute approximate surface area is 195 Å². The fraction of sp³-hybridized carbons (Fsp3) is 0.192. The SMILES string of the molecule is Cc1c(-c2ccc3c(c2)OCCO3)cccc1N1C(=O)c2ccc(C(=O)NCCO)cc2C1=O. The van der Waals surface area contributed by atoms with Crippen LogP contribution in [0.25, 0.3) is 11.1 Å². The van der Waals surface area contributed by atoms with E-state index in [1.54, 1.807) is 12.1 Å². The third-order valence-corrected chi connectivity index (χ3v) is 5.95. The molecule has 0 saturated carbocycles. The Morgan fingerprint density at radius 2 is 1.71 bits per heavy atom. The highest BCUT2D eigenvalue weighted by atomic mass is 16.6. The van der Waals surface area contributed by atoms with E-state index in [0.29, 0.717) is 30.4 Å². The summed E-state index contributed by atoms with van der Waals surface area (Å²) in [6.45, 7) is 2.75. The summed E-state index contributed by atoms with van der Waals surface area (Å²) in [5.41, 5.74) is 3.63. The van der Waals surface area contributed by atoms with E-state index in [2.05, 4.69) is 5.32 Å². The van der Waals surface area contributed by atoms with E-state index in [4.69, 9.17) is 14.6 Å². The van der Waals surface area contributed by atoms with Gasteiger partial charge < -0.3 is 19.9 Å². The smallest absolute Gasteiger partial charge is 0.266 e. The Bertz CT molecular complexity index is 1330. The summed E-state index contributed by atoms with van der Waals surface area (Å²) < 4.78 is 11.3. The number of aliphatic hydroxyl groups excluding tert-OH is 1. The zero-order chi connectivity index (χ0) is 23.8. The van der Waals surface area contributed by atoms with Crippen molar-refractivity contribution >= 4 is 23.4 Å². The molecule has 34 heavy (non-hydrogen) atoms. The normalized spacial score (nSPS) is 14.2. The van der Waals surface area contributed by atoms with E-state index in [-0.39, 0.29) is 29.8 Å². The van der Waals surface area contributed by atoms with Crippen molar-refractivity contribution in [3.8, 4) is 22.6 Å². The lowest BCUT2D eigenvalue weighted by molar-refractivity contribution is 0.0923. The number of imide groups is 1. The van der Waals surface area contributed by atoms with Crippen LogP contribution in [0.15, 0.2) is 54.6 Å². The highest BCUT2D eigenvalue weighted by Gasteiger charge is 2.38.